The molecule has 0 radical (unpaired) electrons. The van der Waals surface area contributed by atoms with E-state index in [0.29, 0.717) is 0 Å². The van der Waals surface area contributed by atoms with Gasteiger partial charge in [0.1, 0.15) is 0 Å². The third kappa shape index (κ3) is 6.65. The van der Waals surface area contributed by atoms with Crippen LogP contribution in [0.3, 0.4) is 0 Å². The van der Waals surface area contributed by atoms with Crippen molar-refractivity contribution in [2.24, 2.45) is 0 Å². The standard InChI is InChI=1S/C16H28N2/c1-5-6-7-8-9-11-18-12-10-15(14-18)13-17-16(2,3)4/h5,10,12,14,17H,1,6-9,11,13H2,2-4H3. The molecule has 0 atom stereocenters. The van der Waals surface area contributed by atoms with Crippen molar-refractivity contribution >= 4 is 0 Å². The lowest BCUT2D eigenvalue weighted by Crippen LogP contribution is -2.34. The molecule has 0 aliphatic rings. The monoisotopic (exact) mass is 248 g/mol. The molecule has 0 unspecified atom stereocenters. The summed E-state index contributed by atoms with van der Waals surface area (Å²) in [5.74, 6) is 0. The van der Waals surface area contributed by atoms with Crippen LogP contribution in [0.2, 0.25) is 0 Å². The Kier molecular flexibility index (Phi) is 6.20. The fraction of sp³-hybridized carbons (Fsp3) is 0.625. The largest absolute Gasteiger partial charge is 0.354 e. The van der Waals surface area contributed by atoms with E-state index in [4.69, 9.17) is 0 Å². The molecule has 0 fully saturated rings. The molecule has 0 spiro atoms. The number of allylic oxidation sites excluding steroid dienone is 1. The Morgan fingerprint density at radius 3 is 2.72 bits per heavy atom. The molecule has 0 aromatic carbocycles. The minimum Gasteiger partial charge on any atom is -0.354 e. The third-order valence-electron chi connectivity index (χ3n) is 2.96. The smallest absolute Gasteiger partial charge is 0.0225 e. The van der Waals surface area contributed by atoms with Gasteiger partial charge in [0.2, 0.25) is 0 Å². The van der Waals surface area contributed by atoms with E-state index >= 15 is 0 Å². The van der Waals surface area contributed by atoms with Crippen LogP contribution >= 0.6 is 0 Å². The fourth-order valence-corrected chi connectivity index (χ4v) is 1.86. The van der Waals surface area contributed by atoms with Gasteiger partial charge in [-0.15, -0.1) is 6.58 Å². The molecule has 1 N–H and O–H groups in total. The van der Waals surface area contributed by atoms with Crippen LogP contribution in [0.1, 0.15) is 52.0 Å². The Hall–Kier alpha value is -1.02. The van der Waals surface area contributed by atoms with Crippen LogP contribution in [0.4, 0.5) is 0 Å². The van der Waals surface area contributed by atoms with E-state index in [0.717, 1.165) is 19.5 Å². The molecular weight excluding hydrogens is 220 g/mol. The van der Waals surface area contributed by atoms with E-state index in [9.17, 15) is 0 Å². The summed E-state index contributed by atoms with van der Waals surface area (Å²) in [5, 5.41) is 3.51. The van der Waals surface area contributed by atoms with Crippen LogP contribution in [0.25, 0.3) is 0 Å². The predicted octanol–water partition coefficient (Wildman–Crippen LogP) is 4.12. The molecule has 2 nitrogen and oxygen atoms in total. The lowest BCUT2D eigenvalue weighted by atomic mass is 10.1. The molecule has 0 aliphatic carbocycles. The topological polar surface area (TPSA) is 17.0 Å². The maximum Gasteiger partial charge on any atom is 0.0225 e. The van der Waals surface area contributed by atoms with Crippen molar-refractivity contribution in [3.05, 3.63) is 36.7 Å². The summed E-state index contributed by atoms with van der Waals surface area (Å²) < 4.78 is 2.30. The molecule has 1 heterocycles. The van der Waals surface area contributed by atoms with Crippen molar-refractivity contribution in [3.63, 3.8) is 0 Å². The Morgan fingerprint density at radius 1 is 1.28 bits per heavy atom. The fourth-order valence-electron chi connectivity index (χ4n) is 1.86. The first-order valence-electron chi connectivity index (χ1n) is 7.02. The van der Waals surface area contributed by atoms with Gasteiger partial charge < -0.3 is 9.88 Å². The zero-order chi connectivity index (χ0) is 13.4. The first kappa shape index (κ1) is 15.0. The minimum absolute atomic E-state index is 0.187. The summed E-state index contributed by atoms with van der Waals surface area (Å²) in [6.45, 7) is 12.4. The molecule has 0 saturated carbocycles. The second-order valence-electron chi connectivity index (χ2n) is 6.00. The van der Waals surface area contributed by atoms with Crippen LogP contribution in [-0.2, 0) is 13.1 Å². The zero-order valence-electron chi connectivity index (χ0n) is 12.2. The van der Waals surface area contributed by atoms with Crippen molar-refractivity contribution in [1.29, 1.82) is 0 Å². The summed E-state index contributed by atoms with van der Waals surface area (Å²) in [7, 11) is 0. The molecule has 0 aliphatic heterocycles. The molecular formula is C16H28N2. The molecule has 102 valence electrons. The molecule has 1 aromatic heterocycles. The number of rotatable bonds is 8. The summed E-state index contributed by atoms with van der Waals surface area (Å²) in [6, 6.07) is 2.21. The highest BCUT2D eigenvalue weighted by atomic mass is 15.0. The molecule has 0 bridgehead atoms. The molecule has 2 heteroatoms. The van der Waals surface area contributed by atoms with Crippen LogP contribution in [0, 0.1) is 0 Å². The summed E-state index contributed by atoms with van der Waals surface area (Å²) in [6.07, 6.45) is 11.4. The van der Waals surface area contributed by atoms with Gasteiger partial charge in [-0.25, -0.2) is 0 Å². The maximum absolute atomic E-state index is 3.75. The number of unbranched alkanes of at least 4 members (excludes halogenated alkanes) is 3. The maximum atomic E-state index is 3.75. The molecule has 1 aromatic rings. The lowest BCUT2D eigenvalue weighted by molar-refractivity contribution is 0.424. The van der Waals surface area contributed by atoms with Crippen LogP contribution in [0.5, 0.6) is 0 Å². The van der Waals surface area contributed by atoms with Crippen LogP contribution in [-0.4, -0.2) is 10.1 Å². The van der Waals surface area contributed by atoms with Crippen molar-refractivity contribution in [2.45, 2.75) is 65.1 Å². The van der Waals surface area contributed by atoms with Crippen molar-refractivity contribution in [3.8, 4) is 0 Å². The number of hydrogen-bond donors (Lipinski definition) is 1. The predicted molar refractivity (Wildman–Crippen MR) is 79.7 cm³/mol. The quantitative estimate of drug-likeness (QED) is 0.541. The third-order valence-corrected chi connectivity index (χ3v) is 2.96. The average molecular weight is 248 g/mol. The van der Waals surface area contributed by atoms with Crippen molar-refractivity contribution in [2.75, 3.05) is 0 Å². The van der Waals surface area contributed by atoms with Gasteiger partial charge in [-0.05, 0) is 51.7 Å². The highest BCUT2D eigenvalue weighted by Crippen LogP contribution is 2.08. The van der Waals surface area contributed by atoms with Gasteiger partial charge in [0.05, 0.1) is 0 Å². The van der Waals surface area contributed by atoms with Gasteiger partial charge in [0, 0.05) is 31.0 Å². The van der Waals surface area contributed by atoms with E-state index in [1.54, 1.807) is 0 Å². The Bertz CT molecular complexity index is 344. The molecule has 18 heavy (non-hydrogen) atoms. The average Bonchev–Trinajstić information content (AvgIpc) is 2.73. The first-order chi connectivity index (χ1) is 8.51. The second kappa shape index (κ2) is 7.42. The van der Waals surface area contributed by atoms with E-state index in [1.165, 1.54) is 24.8 Å². The molecule has 1 rings (SSSR count). The number of aryl methyl sites for hydroxylation is 1. The Balaban J connectivity index is 2.23. The lowest BCUT2D eigenvalue weighted by Gasteiger charge is -2.19. The second-order valence-corrected chi connectivity index (χ2v) is 6.00. The summed E-state index contributed by atoms with van der Waals surface area (Å²) >= 11 is 0. The number of aromatic nitrogens is 1. The Morgan fingerprint density at radius 2 is 2.06 bits per heavy atom. The Labute approximate surface area is 112 Å². The van der Waals surface area contributed by atoms with Gasteiger partial charge in [0.15, 0.2) is 0 Å². The van der Waals surface area contributed by atoms with Gasteiger partial charge in [-0.3, -0.25) is 0 Å². The highest BCUT2D eigenvalue weighted by molar-refractivity contribution is 5.10. The van der Waals surface area contributed by atoms with Gasteiger partial charge in [-0.1, -0.05) is 12.5 Å². The number of nitrogens with zero attached hydrogens (tertiary/aromatic N) is 1. The SMILES string of the molecule is C=CCCCCCn1ccc(CNC(C)(C)C)c1. The van der Waals surface area contributed by atoms with Crippen LogP contribution in [0.15, 0.2) is 31.1 Å². The van der Waals surface area contributed by atoms with E-state index in [2.05, 4.69) is 55.7 Å². The minimum atomic E-state index is 0.187. The van der Waals surface area contributed by atoms with E-state index in [-0.39, 0.29) is 5.54 Å². The van der Waals surface area contributed by atoms with Gasteiger partial charge >= 0.3 is 0 Å². The van der Waals surface area contributed by atoms with Gasteiger partial charge in [-0.2, -0.15) is 0 Å². The highest BCUT2D eigenvalue weighted by Gasteiger charge is 2.08. The first-order valence-corrected chi connectivity index (χ1v) is 7.02. The number of hydrogen-bond acceptors (Lipinski definition) is 1. The molecule has 0 amide bonds. The van der Waals surface area contributed by atoms with Gasteiger partial charge in [0.25, 0.3) is 0 Å². The van der Waals surface area contributed by atoms with Crippen LogP contribution < -0.4 is 5.32 Å². The van der Waals surface area contributed by atoms with Crippen molar-refractivity contribution < 1.29 is 0 Å². The number of nitrogens with one attached hydrogen (secondary N) is 1. The van der Waals surface area contributed by atoms with E-state index < -0.39 is 0 Å². The summed E-state index contributed by atoms with van der Waals surface area (Å²) in [5.41, 5.74) is 1.56. The normalized spacial score (nSPS) is 11.7. The zero-order valence-corrected chi connectivity index (χ0v) is 12.2. The van der Waals surface area contributed by atoms with E-state index in [1.807, 2.05) is 6.08 Å². The summed E-state index contributed by atoms with van der Waals surface area (Å²) in [4.78, 5) is 0. The molecule has 0 saturated heterocycles. The van der Waals surface area contributed by atoms with Crippen molar-refractivity contribution in [1.82, 2.24) is 9.88 Å².